The number of aryl methyl sites for hydroxylation is 6. The van der Waals surface area contributed by atoms with Gasteiger partial charge in [-0.3, -0.25) is 63.6 Å². The van der Waals surface area contributed by atoms with E-state index in [4.69, 9.17) is 9.84 Å². The number of nitrogens with zero attached hydrogens (tertiary/aromatic N) is 8. The van der Waals surface area contributed by atoms with Gasteiger partial charge in [0, 0.05) is 116 Å². The molecule has 0 radical (unpaired) electrons. The number of rotatable bonds is 16. The zero-order valence-corrected chi connectivity index (χ0v) is 48.8. The number of hydrogen-bond acceptors (Lipinski definition) is 16. The molecule has 6 aromatic heterocycles. The van der Waals surface area contributed by atoms with Gasteiger partial charge >= 0.3 is 0 Å². The molecular weight excluding hydrogens is 1030 g/mol. The van der Waals surface area contributed by atoms with Crippen molar-refractivity contribution < 1.29 is 38.6 Å². The van der Waals surface area contributed by atoms with Crippen LogP contribution in [0.2, 0.25) is 0 Å². The summed E-state index contributed by atoms with van der Waals surface area (Å²) in [7, 11) is 7.12. The number of aliphatic hydroxyl groups excluding tert-OH is 1. The lowest BCUT2D eigenvalue weighted by Gasteiger charge is -2.26. The molecule has 7 heterocycles. The highest BCUT2D eigenvalue weighted by molar-refractivity contribution is 5.95. The smallest absolute Gasteiger partial charge is 0.269 e. The van der Waals surface area contributed by atoms with Crippen LogP contribution in [0.15, 0.2) is 110 Å². The van der Waals surface area contributed by atoms with Gasteiger partial charge in [0.2, 0.25) is 0 Å². The first kappa shape index (κ1) is 68.7. The molecule has 0 saturated carbocycles. The van der Waals surface area contributed by atoms with E-state index < -0.39 is 0 Å². The normalized spacial score (nSPS) is 11.2. The van der Waals surface area contributed by atoms with Gasteiger partial charge in [-0.05, 0) is 156 Å². The number of aromatic nitrogens is 6. The third kappa shape index (κ3) is 29.9. The summed E-state index contributed by atoms with van der Waals surface area (Å²) < 4.78 is 5.27. The highest BCUT2D eigenvalue weighted by atomic mass is 16.5. The Labute approximate surface area is 476 Å². The monoisotopic (exact) mass is 1110 g/mol. The van der Waals surface area contributed by atoms with E-state index in [1.807, 2.05) is 104 Å². The van der Waals surface area contributed by atoms with Gasteiger partial charge in [0.1, 0.15) is 22.8 Å². The molecule has 22 heteroatoms. The summed E-state index contributed by atoms with van der Waals surface area (Å²) in [6.45, 7) is 20.9. The Morgan fingerprint density at radius 2 is 0.877 bits per heavy atom. The maximum absolute atomic E-state index is 11.8. The fourth-order valence-electron chi connectivity index (χ4n) is 6.59. The predicted molar refractivity (Wildman–Crippen MR) is 313 cm³/mol. The van der Waals surface area contributed by atoms with E-state index in [2.05, 4.69) is 66.7 Å². The lowest BCUT2D eigenvalue weighted by Crippen LogP contribution is -2.41. The number of carbonyl (C=O) groups excluding carboxylic acids is 6. The second-order valence-electron chi connectivity index (χ2n) is 18.5. The lowest BCUT2D eigenvalue weighted by molar-refractivity contribution is 0.0383. The molecule has 0 unspecified atom stereocenters. The molecule has 0 aliphatic carbocycles. The molecule has 6 amide bonds. The van der Waals surface area contributed by atoms with E-state index in [9.17, 15) is 28.8 Å². The van der Waals surface area contributed by atoms with Crippen molar-refractivity contribution in [3.8, 4) is 0 Å². The number of amides is 6. The molecule has 1 aliphatic rings. The second-order valence-corrected chi connectivity index (χ2v) is 18.5. The van der Waals surface area contributed by atoms with Crippen LogP contribution in [0.1, 0.15) is 109 Å². The zero-order valence-electron chi connectivity index (χ0n) is 48.8. The first-order valence-corrected chi connectivity index (χ1v) is 26.5. The number of carbonyl (C=O) groups is 6. The fourth-order valence-corrected chi connectivity index (χ4v) is 6.59. The molecule has 1 saturated heterocycles. The number of morpholine rings is 1. The summed E-state index contributed by atoms with van der Waals surface area (Å²) >= 11 is 0. The highest BCUT2D eigenvalue weighted by Gasteiger charge is 2.12. The van der Waals surface area contributed by atoms with Gasteiger partial charge in [-0.1, -0.05) is 6.92 Å². The molecule has 81 heavy (non-hydrogen) atoms. The second kappa shape index (κ2) is 39.8. The van der Waals surface area contributed by atoms with Crippen LogP contribution in [-0.2, 0) is 4.74 Å². The van der Waals surface area contributed by atoms with E-state index in [0.29, 0.717) is 53.5 Å². The van der Waals surface area contributed by atoms with Crippen molar-refractivity contribution in [3.05, 3.63) is 178 Å². The molecular formula is C59H82N14O8. The molecule has 0 aromatic carbocycles. The van der Waals surface area contributed by atoms with Crippen LogP contribution in [0.5, 0.6) is 0 Å². The molecule has 0 spiro atoms. The largest absolute Gasteiger partial charge is 0.395 e. The van der Waals surface area contributed by atoms with Gasteiger partial charge in [0.25, 0.3) is 35.4 Å². The van der Waals surface area contributed by atoms with Crippen LogP contribution in [0.4, 0.5) is 0 Å². The SMILES string of the molecule is CCCNC(=O)c1cncc(C)c1.CNC(=O)c1cc(C)ccn1.CNC(=O)c1cc(C)ccn1.Cc1ccnc(C(=O)NCCN2CCOCC2)c1.Cc1ccnc(C(=O)NCCO)c1.Cc1cncc(C(=O)NCCN(C)C)c1. The minimum Gasteiger partial charge on any atom is -0.395 e. The summed E-state index contributed by atoms with van der Waals surface area (Å²) in [5.74, 6) is -0.752. The maximum atomic E-state index is 11.8. The Kier molecular flexibility index (Phi) is 33.8. The van der Waals surface area contributed by atoms with Crippen molar-refractivity contribution in [3.63, 3.8) is 0 Å². The average Bonchev–Trinajstić information content (AvgIpc) is 3.46. The highest BCUT2D eigenvalue weighted by Crippen LogP contribution is 2.05. The summed E-state index contributed by atoms with van der Waals surface area (Å²) in [4.78, 5) is 96.1. The third-order valence-corrected chi connectivity index (χ3v) is 10.9. The molecule has 7 rings (SSSR count). The van der Waals surface area contributed by atoms with Crippen LogP contribution in [0.25, 0.3) is 0 Å². The van der Waals surface area contributed by atoms with Crippen LogP contribution in [0.3, 0.4) is 0 Å². The number of pyridine rings is 6. The Bertz CT molecular complexity index is 2750. The number of hydrogen-bond donors (Lipinski definition) is 7. The van der Waals surface area contributed by atoms with Crippen molar-refractivity contribution >= 4 is 35.4 Å². The molecule has 1 aliphatic heterocycles. The van der Waals surface area contributed by atoms with E-state index in [1.165, 1.54) is 0 Å². The summed E-state index contributed by atoms with van der Waals surface area (Å²) in [5, 5.41) is 24.5. The van der Waals surface area contributed by atoms with Gasteiger partial charge in [-0.25, -0.2) is 0 Å². The molecule has 0 atom stereocenters. The molecule has 1 fully saturated rings. The van der Waals surface area contributed by atoms with Crippen molar-refractivity contribution in [2.45, 2.75) is 54.9 Å². The van der Waals surface area contributed by atoms with Crippen LogP contribution in [-0.4, -0.2) is 181 Å². The van der Waals surface area contributed by atoms with Crippen molar-refractivity contribution in [1.82, 2.24) is 71.6 Å². The van der Waals surface area contributed by atoms with E-state index >= 15 is 0 Å². The molecule has 7 N–H and O–H groups in total. The van der Waals surface area contributed by atoms with Crippen LogP contribution >= 0.6 is 0 Å². The number of aliphatic hydroxyl groups is 1. The van der Waals surface area contributed by atoms with E-state index in [-0.39, 0.29) is 48.6 Å². The van der Waals surface area contributed by atoms with Crippen molar-refractivity contribution in [1.29, 1.82) is 0 Å². The van der Waals surface area contributed by atoms with Gasteiger partial charge in [0.05, 0.1) is 30.9 Å². The van der Waals surface area contributed by atoms with Gasteiger partial charge in [-0.2, -0.15) is 0 Å². The third-order valence-electron chi connectivity index (χ3n) is 10.9. The van der Waals surface area contributed by atoms with Crippen LogP contribution < -0.4 is 31.9 Å². The van der Waals surface area contributed by atoms with Crippen LogP contribution in [0, 0.1) is 41.5 Å². The van der Waals surface area contributed by atoms with Crippen molar-refractivity contribution in [2.24, 2.45) is 0 Å². The first-order valence-electron chi connectivity index (χ1n) is 26.5. The van der Waals surface area contributed by atoms with E-state index in [1.54, 1.807) is 87.9 Å². The fraction of sp³-hybridized carbons (Fsp3) is 0.390. The van der Waals surface area contributed by atoms with Gasteiger partial charge in [0.15, 0.2) is 0 Å². The Balaban J connectivity index is 0.000000335. The predicted octanol–water partition coefficient (Wildman–Crippen LogP) is 4.27. The van der Waals surface area contributed by atoms with E-state index in [0.717, 1.165) is 79.2 Å². The van der Waals surface area contributed by atoms with Gasteiger partial charge in [-0.15, -0.1) is 0 Å². The standard InChI is InChI=1S/C13H19N3O2.C11H17N3O.C10H14N2O.C9H12N2O2.2C8H10N2O/c1-11-2-3-14-12(10-11)13(17)15-4-5-16-6-8-18-9-7-16;1-9-6-10(8-12-7-9)11(15)13-4-5-14(2)3;1-3-4-12-10(13)9-5-8(2)6-11-7-9;1-7-2-3-10-8(6-7)9(13)11-4-5-12;2*1-6-3-4-10-7(5-6)8(11)9-2/h2-3,10H,4-9H2,1H3,(H,15,17);6-8H,4-5H2,1-3H3,(H,13,15);5-7H,3-4H2,1-2H3,(H,12,13);2-3,6,12H,4-5H2,1H3,(H,11,13);2*3-5H,1-2H3,(H,9,11). The first-order chi connectivity index (χ1) is 38.8. The van der Waals surface area contributed by atoms with Crippen molar-refractivity contribution in [2.75, 3.05) is 100 Å². The zero-order chi connectivity index (χ0) is 60.0. The Hall–Kier alpha value is -8.44. The summed E-state index contributed by atoms with van der Waals surface area (Å²) in [6, 6.07) is 18.1. The summed E-state index contributed by atoms with van der Waals surface area (Å²) in [6.07, 6.45) is 14.1. The maximum Gasteiger partial charge on any atom is 0.269 e. The average molecular weight is 1120 g/mol. The quantitative estimate of drug-likeness (QED) is 0.0712. The molecule has 0 bridgehead atoms. The minimum absolute atomic E-state index is 0.0435. The molecule has 6 aromatic rings. The molecule has 436 valence electrons. The number of nitrogens with one attached hydrogen (secondary N) is 6. The van der Waals surface area contributed by atoms with Gasteiger partial charge < -0.3 is 46.6 Å². The summed E-state index contributed by atoms with van der Waals surface area (Å²) in [5.41, 5.74) is 9.16. The topological polar surface area (TPSA) is 288 Å². The molecule has 22 nitrogen and oxygen atoms in total. The lowest BCUT2D eigenvalue weighted by atomic mass is 10.2. The number of ether oxygens (including phenoxy) is 1. The minimum atomic E-state index is -0.252. The Morgan fingerprint density at radius 3 is 1.22 bits per heavy atom. The number of likely N-dealkylation sites (N-methyl/N-ethyl adjacent to an activating group) is 1. The Morgan fingerprint density at radius 1 is 0.506 bits per heavy atom.